The van der Waals surface area contributed by atoms with E-state index in [-0.39, 0.29) is 11.7 Å². The molecule has 0 atom stereocenters. The molecular weight excluding hydrogens is 328 g/mol. The third-order valence-corrected chi connectivity index (χ3v) is 3.90. The quantitative estimate of drug-likeness (QED) is 0.413. The predicted octanol–water partition coefficient (Wildman–Crippen LogP) is 3.16. The van der Waals surface area contributed by atoms with Gasteiger partial charge >= 0.3 is 0 Å². The molecule has 0 heterocycles. The number of ketones is 1. The van der Waals surface area contributed by atoms with Gasteiger partial charge in [0.25, 0.3) is 5.91 Å². The number of methoxy groups -OCH3 is 1. The highest BCUT2D eigenvalue weighted by Crippen LogP contribution is 2.12. The van der Waals surface area contributed by atoms with Gasteiger partial charge in [0, 0.05) is 30.6 Å². The van der Waals surface area contributed by atoms with Crippen molar-refractivity contribution in [1.29, 1.82) is 0 Å². The number of para-hydroxylation sites is 1. The topological polar surface area (TPSA) is 81.4 Å². The van der Waals surface area contributed by atoms with Crippen LogP contribution in [0.1, 0.15) is 28.8 Å². The summed E-state index contributed by atoms with van der Waals surface area (Å²) in [6.45, 7) is 0.515. The van der Waals surface area contributed by atoms with Crippen molar-refractivity contribution in [3.8, 4) is 5.75 Å². The zero-order chi connectivity index (χ0) is 18.8. The van der Waals surface area contributed by atoms with Crippen LogP contribution < -0.4 is 15.8 Å². The number of anilines is 1. The standard InChI is InChI=1S/C21H24N2O3/c1-26-19-12-10-16(11-13-19)21(25)23-14-6-2-3-8-18(24)15-17-7-4-5-9-20(17)22/h2-5,7,9-13H,6,8,14-15,22H2,1H3,(H,23,25)/b3-2+. The maximum Gasteiger partial charge on any atom is 0.251 e. The lowest BCUT2D eigenvalue weighted by molar-refractivity contribution is -0.117. The zero-order valence-electron chi connectivity index (χ0n) is 14.9. The summed E-state index contributed by atoms with van der Waals surface area (Å²) < 4.78 is 5.06. The number of hydrogen-bond donors (Lipinski definition) is 2. The number of Topliss-reactive ketones (excluding diaryl/α,β-unsaturated/α-hetero) is 1. The lowest BCUT2D eigenvalue weighted by Gasteiger charge is -2.05. The molecule has 0 saturated heterocycles. The number of hydrogen-bond acceptors (Lipinski definition) is 4. The largest absolute Gasteiger partial charge is 0.497 e. The fraction of sp³-hybridized carbons (Fsp3) is 0.238. The SMILES string of the molecule is COc1ccc(C(=O)NCC/C=C/CC(=O)Cc2ccccc2N)cc1. The van der Waals surface area contributed by atoms with Crippen molar-refractivity contribution in [1.82, 2.24) is 5.32 Å². The molecule has 136 valence electrons. The number of ether oxygens (including phenoxy) is 1. The van der Waals surface area contributed by atoms with Crippen LogP contribution in [0.3, 0.4) is 0 Å². The number of nitrogens with two attached hydrogens (primary N) is 1. The monoisotopic (exact) mass is 352 g/mol. The van der Waals surface area contributed by atoms with Gasteiger partial charge in [-0.1, -0.05) is 30.4 Å². The number of nitrogen functional groups attached to an aromatic ring is 1. The average molecular weight is 352 g/mol. The highest BCUT2D eigenvalue weighted by Gasteiger charge is 2.05. The lowest BCUT2D eigenvalue weighted by Crippen LogP contribution is -2.23. The Morgan fingerprint density at radius 3 is 2.50 bits per heavy atom. The van der Waals surface area contributed by atoms with Crippen LogP contribution in [0.4, 0.5) is 5.69 Å². The van der Waals surface area contributed by atoms with E-state index in [4.69, 9.17) is 10.5 Å². The van der Waals surface area contributed by atoms with E-state index < -0.39 is 0 Å². The maximum atomic E-state index is 12.0. The molecule has 26 heavy (non-hydrogen) atoms. The van der Waals surface area contributed by atoms with Gasteiger partial charge in [0.15, 0.2) is 0 Å². The van der Waals surface area contributed by atoms with E-state index in [1.165, 1.54) is 0 Å². The minimum Gasteiger partial charge on any atom is -0.497 e. The Bertz CT molecular complexity index is 767. The van der Waals surface area contributed by atoms with Crippen molar-refractivity contribution < 1.29 is 14.3 Å². The van der Waals surface area contributed by atoms with Crippen molar-refractivity contribution in [2.45, 2.75) is 19.3 Å². The molecular formula is C21H24N2O3. The Kier molecular flexibility index (Phi) is 7.43. The van der Waals surface area contributed by atoms with Crippen LogP contribution in [0.2, 0.25) is 0 Å². The highest BCUT2D eigenvalue weighted by atomic mass is 16.5. The predicted molar refractivity (Wildman–Crippen MR) is 103 cm³/mol. The minimum atomic E-state index is -0.128. The number of allylic oxidation sites excluding steroid dienone is 1. The first-order valence-electron chi connectivity index (χ1n) is 8.52. The average Bonchev–Trinajstić information content (AvgIpc) is 2.66. The molecule has 0 aliphatic carbocycles. The molecule has 0 aliphatic heterocycles. The minimum absolute atomic E-state index is 0.112. The van der Waals surface area contributed by atoms with Crippen LogP contribution in [0.15, 0.2) is 60.7 Å². The van der Waals surface area contributed by atoms with Crippen molar-refractivity contribution in [2.24, 2.45) is 0 Å². The van der Waals surface area contributed by atoms with E-state index in [2.05, 4.69) is 5.32 Å². The summed E-state index contributed by atoms with van der Waals surface area (Å²) in [5.41, 5.74) is 7.93. The Morgan fingerprint density at radius 2 is 1.81 bits per heavy atom. The summed E-state index contributed by atoms with van der Waals surface area (Å²) in [6, 6.07) is 14.3. The first-order valence-corrected chi connectivity index (χ1v) is 8.52. The normalized spacial score (nSPS) is 10.7. The molecule has 2 aromatic carbocycles. The van der Waals surface area contributed by atoms with Gasteiger partial charge in [0.2, 0.25) is 0 Å². The van der Waals surface area contributed by atoms with Gasteiger partial charge in [-0.3, -0.25) is 9.59 Å². The molecule has 0 spiro atoms. The molecule has 5 nitrogen and oxygen atoms in total. The molecule has 0 unspecified atom stereocenters. The molecule has 2 aromatic rings. The number of carbonyl (C=O) groups excluding carboxylic acids is 2. The third kappa shape index (κ3) is 6.09. The first kappa shape index (κ1) is 19.2. The van der Waals surface area contributed by atoms with Crippen LogP contribution in [0.25, 0.3) is 0 Å². The van der Waals surface area contributed by atoms with Gasteiger partial charge in [-0.25, -0.2) is 0 Å². The van der Waals surface area contributed by atoms with Crippen LogP contribution >= 0.6 is 0 Å². The summed E-state index contributed by atoms with van der Waals surface area (Å²) in [7, 11) is 1.58. The van der Waals surface area contributed by atoms with Crippen molar-refractivity contribution >= 4 is 17.4 Å². The number of nitrogens with one attached hydrogen (secondary N) is 1. The second-order valence-electron chi connectivity index (χ2n) is 5.86. The smallest absolute Gasteiger partial charge is 0.251 e. The number of rotatable bonds is 9. The van der Waals surface area contributed by atoms with Crippen LogP contribution in [0, 0.1) is 0 Å². The molecule has 1 amide bonds. The molecule has 0 radical (unpaired) electrons. The molecule has 0 fully saturated rings. The van der Waals surface area contributed by atoms with E-state index in [1.807, 2.05) is 30.4 Å². The van der Waals surface area contributed by atoms with Crippen molar-refractivity contribution in [3.05, 3.63) is 71.8 Å². The zero-order valence-corrected chi connectivity index (χ0v) is 14.9. The maximum absolute atomic E-state index is 12.0. The Labute approximate surface area is 153 Å². The third-order valence-electron chi connectivity index (χ3n) is 3.90. The molecule has 0 saturated carbocycles. The van der Waals surface area contributed by atoms with Crippen LogP contribution in [-0.4, -0.2) is 25.3 Å². The number of benzene rings is 2. The van der Waals surface area contributed by atoms with E-state index in [0.717, 1.165) is 5.56 Å². The van der Waals surface area contributed by atoms with Gasteiger partial charge in [0.05, 0.1) is 7.11 Å². The second-order valence-corrected chi connectivity index (χ2v) is 5.86. The number of amides is 1. The summed E-state index contributed by atoms with van der Waals surface area (Å²) >= 11 is 0. The van der Waals surface area contributed by atoms with Crippen molar-refractivity contribution in [3.63, 3.8) is 0 Å². The molecule has 3 N–H and O–H groups in total. The summed E-state index contributed by atoms with van der Waals surface area (Å²) in [5.74, 6) is 0.699. The lowest BCUT2D eigenvalue weighted by atomic mass is 10.1. The van der Waals surface area contributed by atoms with E-state index in [9.17, 15) is 9.59 Å². The van der Waals surface area contributed by atoms with E-state index >= 15 is 0 Å². The second kappa shape index (κ2) is 10.0. The molecule has 5 heteroatoms. The molecule has 0 bridgehead atoms. The van der Waals surface area contributed by atoms with Gasteiger partial charge in [-0.15, -0.1) is 0 Å². The van der Waals surface area contributed by atoms with Crippen LogP contribution in [0.5, 0.6) is 5.75 Å². The Hall–Kier alpha value is -3.08. The highest BCUT2D eigenvalue weighted by molar-refractivity contribution is 5.94. The fourth-order valence-corrected chi connectivity index (χ4v) is 2.43. The van der Waals surface area contributed by atoms with Crippen molar-refractivity contribution in [2.75, 3.05) is 19.4 Å². The molecule has 0 aliphatic rings. The summed E-state index contributed by atoms with van der Waals surface area (Å²) in [6.07, 6.45) is 5.11. The van der Waals surface area contributed by atoms with Gasteiger partial charge < -0.3 is 15.8 Å². The number of carbonyl (C=O) groups is 2. The van der Waals surface area contributed by atoms with Crippen LogP contribution in [-0.2, 0) is 11.2 Å². The molecule has 2 rings (SSSR count). The molecule has 0 aromatic heterocycles. The van der Waals surface area contributed by atoms with E-state index in [1.54, 1.807) is 37.4 Å². The van der Waals surface area contributed by atoms with Gasteiger partial charge in [-0.2, -0.15) is 0 Å². The summed E-state index contributed by atoms with van der Waals surface area (Å²) in [4.78, 5) is 23.9. The van der Waals surface area contributed by atoms with Gasteiger partial charge in [-0.05, 0) is 42.3 Å². The Balaban J connectivity index is 1.66. The summed E-state index contributed by atoms with van der Waals surface area (Å²) in [5, 5.41) is 2.84. The van der Waals surface area contributed by atoms with Gasteiger partial charge in [0.1, 0.15) is 11.5 Å². The van der Waals surface area contributed by atoms with E-state index in [0.29, 0.717) is 42.8 Å². The fourth-order valence-electron chi connectivity index (χ4n) is 2.43. The Morgan fingerprint density at radius 1 is 1.08 bits per heavy atom. The first-order chi connectivity index (χ1) is 12.6.